The molecular formula is C22H21ClN2O4. The summed E-state index contributed by atoms with van der Waals surface area (Å²) in [7, 11) is 1.50. The molecule has 1 amide bonds. The van der Waals surface area contributed by atoms with Crippen LogP contribution in [0.5, 0.6) is 5.75 Å². The van der Waals surface area contributed by atoms with Crippen molar-refractivity contribution in [3.63, 3.8) is 0 Å². The van der Waals surface area contributed by atoms with Gasteiger partial charge in [0.2, 0.25) is 0 Å². The largest absolute Gasteiger partial charge is 0.507 e. The van der Waals surface area contributed by atoms with E-state index in [4.69, 9.17) is 16.3 Å². The van der Waals surface area contributed by atoms with E-state index in [9.17, 15) is 14.7 Å². The average molecular weight is 413 g/mol. The molecule has 0 bridgehead atoms. The summed E-state index contributed by atoms with van der Waals surface area (Å²) in [6, 6.07) is 7.63. The number of hydrogen-bond donors (Lipinski definition) is 1. The fourth-order valence-corrected chi connectivity index (χ4v) is 4.44. The molecule has 1 saturated carbocycles. The zero-order valence-electron chi connectivity index (χ0n) is 16.0. The first-order valence-electron chi connectivity index (χ1n) is 9.57. The van der Waals surface area contributed by atoms with Gasteiger partial charge >= 0.3 is 0 Å². The number of likely N-dealkylation sites (tertiary alicyclic amines) is 1. The predicted molar refractivity (Wildman–Crippen MR) is 109 cm³/mol. The predicted octanol–water partition coefficient (Wildman–Crippen LogP) is 4.11. The lowest BCUT2D eigenvalue weighted by Gasteiger charge is -2.30. The molecule has 6 nitrogen and oxygen atoms in total. The van der Waals surface area contributed by atoms with E-state index in [1.807, 2.05) is 6.07 Å². The summed E-state index contributed by atoms with van der Waals surface area (Å²) < 4.78 is 5.22. The smallest absolute Gasteiger partial charge is 0.295 e. The fraction of sp³-hybridized carbons (Fsp3) is 0.318. The van der Waals surface area contributed by atoms with E-state index in [-0.39, 0.29) is 28.0 Å². The second-order valence-corrected chi connectivity index (χ2v) is 7.68. The number of amides is 1. The molecule has 1 unspecified atom stereocenters. The van der Waals surface area contributed by atoms with Crippen molar-refractivity contribution in [2.24, 2.45) is 0 Å². The van der Waals surface area contributed by atoms with Gasteiger partial charge in [-0.1, -0.05) is 30.5 Å². The van der Waals surface area contributed by atoms with E-state index in [2.05, 4.69) is 4.98 Å². The molecule has 2 aliphatic rings. The molecule has 1 atom stereocenters. The number of Topliss-reactive ketones (excluding diaryl/α,β-unsaturated/α-hetero) is 1. The van der Waals surface area contributed by atoms with Gasteiger partial charge in [0, 0.05) is 24.0 Å². The van der Waals surface area contributed by atoms with Crippen molar-refractivity contribution in [3.05, 3.63) is 64.4 Å². The Hall–Kier alpha value is -2.86. The number of benzene rings is 1. The summed E-state index contributed by atoms with van der Waals surface area (Å²) in [5.41, 5.74) is 0.966. The van der Waals surface area contributed by atoms with Crippen molar-refractivity contribution < 1.29 is 19.4 Å². The number of carbonyl (C=O) groups is 2. The molecule has 1 aromatic heterocycles. The summed E-state index contributed by atoms with van der Waals surface area (Å²) in [6.07, 6.45) is 6.95. The zero-order valence-corrected chi connectivity index (χ0v) is 16.7. The van der Waals surface area contributed by atoms with Crippen LogP contribution in [0.1, 0.15) is 42.9 Å². The van der Waals surface area contributed by atoms with Gasteiger partial charge < -0.3 is 14.7 Å². The van der Waals surface area contributed by atoms with Crippen molar-refractivity contribution in [2.75, 3.05) is 7.11 Å². The molecule has 2 aromatic rings. The molecule has 4 rings (SSSR count). The molecule has 1 N–H and O–H groups in total. The maximum Gasteiger partial charge on any atom is 0.295 e. The van der Waals surface area contributed by atoms with Crippen LogP contribution in [-0.2, 0) is 9.59 Å². The van der Waals surface area contributed by atoms with Crippen LogP contribution in [-0.4, -0.2) is 39.8 Å². The first kappa shape index (κ1) is 19.5. The van der Waals surface area contributed by atoms with E-state index >= 15 is 0 Å². The number of nitrogens with zero attached hydrogens (tertiary/aromatic N) is 2. The number of aliphatic hydroxyl groups excluding tert-OH is 1. The summed E-state index contributed by atoms with van der Waals surface area (Å²) in [6.45, 7) is 0. The minimum absolute atomic E-state index is 0.0325. The molecule has 7 heteroatoms. The van der Waals surface area contributed by atoms with Gasteiger partial charge in [-0.15, -0.1) is 0 Å². The second kappa shape index (κ2) is 7.87. The minimum Gasteiger partial charge on any atom is -0.507 e. The number of ketones is 1. The highest BCUT2D eigenvalue weighted by molar-refractivity contribution is 6.47. The van der Waals surface area contributed by atoms with Gasteiger partial charge in [-0.05, 0) is 42.7 Å². The highest BCUT2D eigenvalue weighted by Crippen LogP contribution is 2.44. The topological polar surface area (TPSA) is 79.7 Å². The maximum atomic E-state index is 13.0. The first-order valence-corrected chi connectivity index (χ1v) is 9.94. The van der Waals surface area contributed by atoms with Gasteiger partial charge in [0.15, 0.2) is 0 Å². The lowest BCUT2D eigenvalue weighted by Crippen LogP contribution is -2.37. The summed E-state index contributed by atoms with van der Waals surface area (Å²) >= 11 is 6.30. The van der Waals surface area contributed by atoms with Crippen molar-refractivity contribution in [3.8, 4) is 5.75 Å². The monoisotopic (exact) mass is 412 g/mol. The number of rotatable bonds is 4. The standard InChI is InChI=1S/C22H21ClN2O4/c1-29-15-8-9-17(23)16(11-15)20(26)18-19(13-5-4-10-24-12-13)25(22(28)21(18)27)14-6-2-3-7-14/h4-5,8-12,14,19,26H,2-3,6-7H2,1H3/b20-18+. The molecule has 0 radical (unpaired) electrons. The van der Waals surface area contributed by atoms with Crippen LogP contribution in [0.3, 0.4) is 0 Å². The normalized spacial score (nSPS) is 21.7. The Balaban J connectivity index is 1.91. The summed E-state index contributed by atoms with van der Waals surface area (Å²) in [4.78, 5) is 31.8. The minimum atomic E-state index is -0.706. The maximum absolute atomic E-state index is 13.0. The number of pyridine rings is 1. The van der Waals surface area contributed by atoms with Gasteiger partial charge in [-0.2, -0.15) is 0 Å². The van der Waals surface area contributed by atoms with Crippen molar-refractivity contribution >= 4 is 29.1 Å². The third-order valence-corrected chi connectivity index (χ3v) is 5.96. The zero-order chi connectivity index (χ0) is 20.5. The quantitative estimate of drug-likeness (QED) is 0.464. The van der Waals surface area contributed by atoms with E-state index in [1.165, 1.54) is 7.11 Å². The summed E-state index contributed by atoms with van der Waals surface area (Å²) in [5.74, 6) is -1.12. The number of hydrogen-bond acceptors (Lipinski definition) is 5. The highest BCUT2D eigenvalue weighted by Gasteiger charge is 2.49. The number of halogens is 1. The van der Waals surface area contributed by atoms with Crippen LogP contribution < -0.4 is 4.74 Å². The van der Waals surface area contributed by atoms with Gasteiger partial charge in [-0.25, -0.2) is 0 Å². The number of carbonyl (C=O) groups excluding carboxylic acids is 2. The molecule has 1 saturated heterocycles. The van der Waals surface area contributed by atoms with E-state index in [0.717, 1.165) is 25.7 Å². The molecule has 150 valence electrons. The van der Waals surface area contributed by atoms with Crippen LogP contribution in [0.2, 0.25) is 5.02 Å². The van der Waals surface area contributed by atoms with Crippen molar-refractivity contribution in [1.29, 1.82) is 0 Å². The Bertz CT molecular complexity index is 984. The molecular weight excluding hydrogens is 392 g/mol. The van der Waals surface area contributed by atoms with Gasteiger partial charge in [0.1, 0.15) is 11.5 Å². The van der Waals surface area contributed by atoms with Crippen LogP contribution in [0.15, 0.2) is 48.3 Å². The Labute approximate surface area is 173 Å². The molecule has 1 aromatic carbocycles. The van der Waals surface area contributed by atoms with Crippen LogP contribution in [0, 0.1) is 0 Å². The number of aromatic nitrogens is 1. The van der Waals surface area contributed by atoms with Crippen LogP contribution in [0.25, 0.3) is 5.76 Å². The molecule has 0 spiro atoms. The third-order valence-electron chi connectivity index (χ3n) is 5.63. The molecule has 1 aliphatic carbocycles. The van der Waals surface area contributed by atoms with E-state index in [1.54, 1.807) is 41.6 Å². The van der Waals surface area contributed by atoms with Crippen molar-refractivity contribution in [2.45, 2.75) is 37.8 Å². The van der Waals surface area contributed by atoms with Gasteiger partial charge in [-0.3, -0.25) is 14.6 Å². The van der Waals surface area contributed by atoms with Crippen molar-refractivity contribution in [1.82, 2.24) is 9.88 Å². The molecule has 29 heavy (non-hydrogen) atoms. The van der Waals surface area contributed by atoms with Gasteiger partial charge in [0.05, 0.1) is 23.7 Å². The lowest BCUT2D eigenvalue weighted by atomic mass is 9.95. The van der Waals surface area contributed by atoms with Gasteiger partial charge in [0.25, 0.3) is 11.7 Å². The second-order valence-electron chi connectivity index (χ2n) is 7.28. The van der Waals surface area contributed by atoms with E-state index in [0.29, 0.717) is 11.3 Å². The molecule has 2 fully saturated rings. The van der Waals surface area contributed by atoms with E-state index < -0.39 is 17.7 Å². The Morgan fingerprint density at radius 3 is 2.66 bits per heavy atom. The Kier molecular flexibility index (Phi) is 5.28. The Morgan fingerprint density at radius 1 is 1.24 bits per heavy atom. The highest BCUT2D eigenvalue weighted by atomic mass is 35.5. The fourth-order valence-electron chi connectivity index (χ4n) is 4.23. The lowest BCUT2D eigenvalue weighted by molar-refractivity contribution is -0.141. The SMILES string of the molecule is COc1ccc(Cl)c(/C(O)=C2\C(=O)C(=O)N(C3CCCC3)C2c2cccnc2)c1. The Morgan fingerprint density at radius 2 is 2.00 bits per heavy atom. The third kappa shape index (κ3) is 3.38. The number of methoxy groups -OCH3 is 1. The molecule has 1 aliphatic heterocycles. The van der Waals surface area contributed by atoms with Crippen LogP contribution >= 0.6 is 11.6 Å². The molecule has 2 heterocycles. The number of ether oxygens (including phenoxy) is 1. The summed E-state index contributed by atoms with van der Waals surface area (Å²) in [5, 5.41) is 11.4. The average Bonchev–Trinajstić information content (AvgIpc) is 3.35. The first-order chi connectivity index (χ1) is 14.0. The van der Waals surface area contributed by atoms with Crippen LogP contribution in [0.4, 0.5) is 0 Å². The number of aliphatic hydroxyl groups is 1.